The highest BCUT2D eigenvalue weighted by Gasteiger charge is 2.29. The summed E-state index contributed by atoms with van der Waals surface area (Å²) in [6.45, 7) is -0.237. The molecule has 0 atom stereocenters. The fourth-order valence-corrected chi connectivity index (χ4v) is 3.07. The number of hydrogen-bond donors (Lipinski definition) is 2. The van der Waals surface area contributed by atoms with Crippen molar-refractivity contribution in [3.8, 4) is 0 Å². The Morgan fingerprint density at radius 3 is 2.80 bits per heavy atom. The van der Waals surface area contributed by atoms with Crippen LogP contribution in [0.5, 0.6) is 0 Å². The Morgan fingerprint density at radius 2 is 2.13 bits per heavy atom. The minimum absolute atomic E-state index is 0.00521. The number of halogens is 2. The summed E-state index contributed by atoms with van der Waals surface area (Å²) in [6.07, 6.45) is 2.05. The zero-order chi connectivity index (χ0) is 21.3. The number of amides is 2. The number of nitrogens with one attached hydrogen (secondary N) is 2. The molecule has 3 heterocycles. The highest BCUT2D eigenvalue weighted by molar-refractivity contribution is 6.02. The van der Waals surface area contributed by atoms with Crippen LogP contribution in [0.3, 0.4) is 0 Å². The monoisotopic (exact) mass is 418 g/mol. The number of alkyl halides is 2. The fourth-order valence-electron chi connectivity index (χ4n) is 3.07. The molecule has 0 radical (unpaired) electrons. The second-order valence-electron chi connectivity index (χ2n) is 7.10. The van der Waals surface area contributed by atoms with E-state index in [1.54, 1.807) is 19.2 Å². The summed E-state index contributed by atoms with van der Waals surface area (Å²) in [5.41, 5.74) is 0.463. The molecule has 3 aromatic rings. The molecule has 0 aliphatic heterocycles. The summed E-state index contributed by atoms with van der Waals surface area (Å²) < 4.78 is 34.2. The van der Waals surface area contributed by atoms with Crippen LogP contribution in [0.4, 0.5) is 14.5 Å². The lowest BCUT2D eigenvalue weighted by Gasteiger charge is -2.08. The van der Waals surface area contributed by atoms with Gasteiger partial charge in [0, 0.05) is 19.2 Å². The Labute approximate surface area is 170 Å². The maximum Gasteiger partial charge on any atom is 0.280 e. The van der Waals surface area contributed by atoms with Crippen LogP contribution < -0.4 is 10.6 Å². The molecule has 0 bridgehead atoms. The first-order chi connectivity index (χ1) is 14.4. The number of carbonyl (C=O) groups excluding carboxylic acids is 2. The van der Waals surface area contributed by atoms with Crippen LogP contribution in [0.15, 0.2) is 35.1 Å². The van der Waals surface area contributed by atoms with Crippen molar-refractivity contribution in [1.29, 1.82) is 0 Å². The second kappa shape index (κ2) is 8.09. The number of aryl methyl sites for hydroxylation is 1. The van der Waals surface area contributed by atoms with E-state index in [-0.39, 0.29) is 29.5 Å². The van der Waals surface area contributed by atoms with Crippen molar-refractivity contribution in [2.75, 3.05) is 5.32 Å². The second-order valence-corrected chi connectivity index (χ2v) is 7.10. The Bertz CT molecular complexity index is 1050. The van der Waals surface area contributed by atoms with Crippen molar-refractivity contribution in [2.45, 2.75) is 38.3 Å². The maximum atomic E-state index is 13.3. The lowest BCUT2D eigenvalue weighted by molar-refractivity contribution is -0.117. The Hall–Kier alpha value is -3.50. The summed E-state index contributed by atoms with van der Waals surface area (Å²) in [7, 11) is 1.60. The summed E-state index contributed by atoms with van der Waals surface area (Å²) in [5, 5.41) is 13.4. The Kier molecular flexibility index (Phi) is 5.34. The van der Waals surface area contributed by atoms with Gasteiger partial charge >= 0.3 is 0 Å². The number of aromatic nitrogens is 4. The molecule has 1 fully saturated rings. The van der Waals surface area contributed by atoms with E-state index in [9.17, 15) is 18.4 Å². The van der Waals surface area contributed by atoms with Gasteiger partial charge in [-0.05, 0) is 31.0 Å². The van der Waals surface area contributed by atoms with Crippen molar-refractivity contribution in [3.05, 3.63) is 53.5 Å². The molecular formula is C19H20F2N6O3. The number of furan rings is 1. The van der Waals surface area contributed by atoms with E-state index in [2.05, 4.69) is 20.8 Å². The summed E-state index contributed by atoms with van der Waals surface area (Å²) in [4.78, 5) is 24.9. The van der Waals surface area contributed by atoms with Crippen LogP contribution in [0.25, 0.3) is 0 Å². The summed E-state index contributed by atoms with van der Waals surface area (Å²) >= 11 is 0. The smallest absolute Gasteiger partial charge is 0.280 e. The first-order valence-corrected chi connectivity index (χ1v) is 9.40. The quantitative estimate of drug-likeness (QED) is 0.585. The Balaban J connectivity index is 1.44. The maximum absolute atomic E-state index is 13.3. The molecule has 1 saturated carbocycles. The number of nitrogens with zero attached hydrogens (tertiary/aromatic N) is 4. The van der Waals surface area contributed by atoms with Gasteiger partial charge in [-0.1, -0.05) is 0 Å². The van der Waals surface area contributed by atoms with Gasteiger partial charge in [0.25, 0.3) is 12.3 Å². The lowest BCUT2D eigenvalue weighted by atomic mass is 10.3. The molecule has 3 aromatic heterocycles. The van der Waals surface area contributed by atoms with E-state index >= 15 is 0 Å². The van der Waals surface area contributed by atoms with Crippen LogP contribution >= 0.6 is 0 Å². The fraction of sp³-hybridized carbons (Fsp3) is 0.368. The molecule has 2 N–H and O–H groups in total. The highest BCUT2D eigenvalue weighted by Crippen LogP contribution is 2.40. The van der Waals surface area contributed by atoms with E-state index in [4.69, 9.17) is 4.42 Å². The molecule has 158 valence electrons. The van der Waals surface area contributed by atoms with Crippen LogP contribution in [0.1, 0.15) is 52.8 Å². The molecule has 0 spiro atoms. The van der Waals surface area contributed by atoms with Crippen molar-refractivity contribution in [2.24, 2.45) is 7.05 Å². The lowest BCUT2D eigenvalue weighted by Crippen LogP contribution is -2.26. The van der Waals surface area contributed by atoms with Crippen LogP contribution in [0.2, 0.25) is 0 Å². The first-order valence-electron chi connectivity index (χ1n) is 9.40. The van der Waals surface area contributed by atoms with Gasteiger partial charge in [0.15, 0.2) is 5.69 Å². The van der Waals surface area contributed by atoms with Gasteiger partial charge in [-0.15, -0.1) is 0 Å². The SMILES string of the molecule is Cn1cc(NC(=O)Cn2nc(C3CC3)cc2C(F)F)c(C(=O)NCc2ccco2)n1. The van der Waals surface area contributed by atoms with Gasteiger partial charge < -0.3 is 15.1 Å². The van der Waals surface area contributed by atoms with Crippen molar-refractivity contribution >= 4 is 17.5 Å². The molecule has 0 unspecified atom stereocenters. The third kappa shape index (κ3) is 4.39. The molecule has 11 heteroatoms. The highest BCUT2D eigenvalue weighted by atomic mass is 19.3. The number of anilines is 1. The van der Waals surface area contributed by atoms with Crippen molar-refractivity contribution in [3.63, 3.8) is 0 Å². The largest absolute Gasteiger partial charge is 0.467 e. The minimum atomic E-state index is -2.74. The third-order valence-electron chi connectivity index (χ3n) is 4.66. The molecule has 4 rings (SSSR count). The van der Waals surface area contributed by atoms with Gasteiger partial charge in [0.05, 0.1) is 24.2 Å². The van der Waals surface area contributed by atoms with E-state index in [1.807, 2.05) is 0 Å². The summed E-state index contributed by atoms with van der Waals surface area (Å²) in [5.74, 6) is -0.342. The van der Waals surface area contributed by atoms with E-state index < -0.39 is 24.8 Å². The molecule has 0 aromatic carbocycles. The predicted octanol–water partition coefficient (Wildman–Crippen LogP) is 2.59. The molecule has 1 aliphatic rings. The number of hydrogen-bond acceptors (Lipinski definition) is 5. The number of carbonyl (C=O) groups is 2. The molecule has 9 nitrogen and oxygen atoms in total. The third-order valence-corrected chi connectivity index (χ3v) is 4.66. The van der Waals surface area contributed by atoms with E-state index in [0.717, 1.165) is 17.5 Å². The van der Waals surface area contributed by atoms with Gasteiger partial charge in [0.2, 0.25) is 5.91 Å². The topological polar surface area (TPSA) is 107 Å². The minimum Gasteiger partial charge on any atom is -0.467 e. The summed E-state index contributed by atoms with van der Waals surface area (Å²) in [6, 6.07) is 4.76. The van der Waals surface area contributed by atoms with Gasteiger partial charge in [-0.2, -0.15) is 10.2 Å². The first kappa shape index (κ1) is 19.8. The zero-order valence-corrected chi connectivity index (χ0v) is 16.1. The van der Waals surface area contributed by atoms with Crippen LogP contribution in [-0.2, 0) is 24.9 Å². The molecule has 30 heavy (non-hydrogen) atoms. The van der Waals surface area contributed by atoms with Crippen molar-refractivity contribution < 1.29 is 22.8 Å². The number of rotatable bonds is 8. The molecule has 1 aliphatic carbocycles. The average molecular weight is 418 g/mol. The van der Waals surface area contributed by atoms with Gasteiger partial charge in [-0.3, -0.25) is 19.0 Å². The molecular weight excluding hydrogens is 398 g/mol. The Morgan fingerprint density at radius 1 is 1.33 bits per heavy atom. The van der Waals surface area contributed by atoms with Crippen LogP contribution in [-0.4, -0.2) is 31.4 Å². The van der Waals surface area contributed by atoms with Crippen LogP contribution in [0, 0.1) is 0 Å². The zero-order valence-electron chi connectivity index (χ0n) is 16.1. The van der Waals surface area contributed by atoms with E-state index in [0.29, 0.717) is 11.5 Å². The van der Waals surface area contributed by atoms with Gasteiger partial charge in [0.1, 0.15) is 18.0 Å². The average Bonchev–Trinajstić information content (AvgIpc) is 3.09. The predicted molar refractivity (Wildman–Crippen MR) is 101 cm³/mol. The van der Waals surface area contributed by atoms with Gasteiger partial charge in [-0.25, -0.2) is 8.78 Å². The normalized spacial score (nSPS) is 13.6. The standard InChI is InChI=1S/C19H20F2N6O3/c1-26-9-14(17(25-26)19(29)22-8-12-3-2-6-30-12)23-16(28)10-27-15(18(20)21)7-13(24-27)11-4-5-11/h2-3,6-7,9,11,18H,4-5,8,10H2,1H3,(H,22,29)(H,23,28). The molecule has 2 amide bonds. The van der Waals surface area contributed by atoms with E-state index in [1.165, 1.54) is 23.2 Å². The van der Waals surface area contributed by atoms with Crippen molar-refractivity contribution in [1.82, 2.24) is 24.9 Å². The molecule has 0 saturated heterocycles.